The minimum atomic E-state index is 0.632. The molecule has 0 bridgehead atoms. The molecule has 80 valence electrons. The van der Waals surface area contributed by atoms with E-state index in [0.29, 0.717) is 6.61 Å². The Morgan fingerprint density at radius 3 is 3.12 bits per heavy atom. The lowest BCUT2D eigenvalue weighted by atomic mass is 10.2. The predicted octanol–water partition coefficient (Wildman–Crippen LogP) is 3.03. The van der Waals surface area contributed by atoms with E-state index in [9.17, 15) is 0 Å². The second-order valence-electron chi connectivity index (χ2n) is 3.38. The van der Waals surface area contributed by atoms with Crippen molar-refractivity contribution in [1.82, 2.24) is 4.98 Å². The Morgan fingerprint density at radius 2 is 2.25 bits per heavy atom. The molecule has 2 nitrogen and oxygen atoms in total. The summed E-state index contributed by atoms with van der Waals surface area (Å²) in [6.45, 7) is 2.47. The Hall–Kier alpha value is -2.01. The van der Waals surface area contributed by atoms with Crippen molar-refractivity contribution in [2.45, 2.75) is 13.3 Å². The van der Waals surface area contributed by atoms with Crippen LogP contribution in [0.4, 0.5) is 0 Å². The lowest BCUT2D eigenvalue weighted by Crippen LogP contribution is -1.95. The number of hydrogen-bond acceptors (Lipinski definition) is 2. The van der Waals surface area contributed by atoms with Gasteiger partial charge in [0, 0.05) is 18.0 Å². The van der Waals surface area contributed by atoms with E-state index in [1.54, 1.807) is 6.20 Å². The normalized spacial score (nSPS) is 9.56. The zero-order chi connectivity index (χ0) is 11.2. The molecule has 0 saturated heterocycles. The van der Waals surface area contributed by atoms with E-state index in [4.69, 9.17) is 4.74 Å². The van der Waals surface area contributed by atoms with E-state index in [0.717, 1.165) is 23.1 Å². The second-order valence-corrected chi connectivity index (χ2v) is 3.38. The van der Waals surface area contributed by atoms with E-state index >= 15 is 0 Å². The number of nitrogens with zero attached hydrogens (tertiary/aromatic N) is 1. The van der Waals surface area contributed by atoms with E-state index in [-0.39, 0.29) is 0 Å². The Bertz CT molecular complexity index is 537. The van der Waals surface area contributed by atoms with Crippen LogP contribution in [0.25, 0.3) is 10.9 Å². The summed E-state index contributed by atoms with van der Waals surface area (Å²) < 4.78 is 5.59. The molecule has 0 radical (unpaired) electrons. The molecule has 0 saturated carbocycles. The SMILES string of the molecule is CC#CCCOc1ccc2ncccc2c1. The van der Waals surface area contributed by atoms with Gasteiger partial charge in [-0.2, -0.15) is 0 Å². The molecule has 0 fully saturated rings. The number of fused-ring (bicyclic) bond motifs is 1. The molecule has 1 heterocycles. The Labute approximate surface area is 95.3 Å². The molecule has 2 heteroatoms. The summed E-state index contributed by atoms with van der Waals surface area (Å²) in [6.07, 6.45) is 2.56. The van der Waals surface area contributed by atoms with Crippen LogP contribution in [0.3, 0.4) is 0 Å². The largest absolute Gasteiger partial charge is 0.493 e. The molecule has 0 amide bonds. The zero-order valence-corrected chi connectivity index (χ0v) is 9.23. The Kier molecular flexibility index (Phi) is 3.40. The van der Waals surface area contributed by atoms with Crippen LogP contribution in [0.15, 0.2) is 36.5 Å². The first-order valence-corrected chi connectivity index (χ1v) is 5.27. The van der Waals surface area contributed by atoms with E-state index in [1.807, 2.05) is 37.3 Å². The molecule has 0 aliphatic heterocycles. The highest BCUT2D eigenvalue weighted by molar-refractivity contribution is 5.79. The molecule has 2 rings (SSSR count). The molecule has 0 unspecified atom stereocenters. The van der Waals surface area contributed by atoms with E-state index in [2.05, 4.69) is 16.8 Å². The molecule has 1 aromatic heterocycles. The summed E-state index contributed by atoms with van der Waals surface area (Å²) in [5.41, 5.74) is 0.989. The van der Waals surface area contributed by atoms with Crippen molar-refractivity contribution in [1.29, 1.82) is 0 Å². The van der Waals surface area contributed by atoms with Crippen LogP contribution in [-0.4, -0.2) is 11.6 Å². The smallest absolute Gasteiger partial charge is 0.120 e. The minimum absolute atomic E-state index is 0.632. The van der Waals surface area contributed by atoms with Gasteiger partial charge in [0.25, 0.3) is 0 Å². The number of ether oxygens (including phenoxy) is 1. The van der Waals surface area contributed by atoms with Crippen LogP contribution in [0.5, 0.6) is 5.75 Å². The minimum Gasteiger partial charge on any atom is -0.493 e. The van der Waals surface area contributed by atoms with E-state index in [1.165, 1.54) is 0 Å². The quantitative estimate of drug-likeness (QED) is 0.575. The predicted molar refractivity (Wildman–Crippen MR) is 65.3 cm³/mol. The molecule has 0 aliphatic rings. The zero-order valence-electron chi connectivity index (χ0n) is 9.23. The van der Waals surface area contributed by atoms with Gasteiger partial charge in [-0.05, 0) is 31.2 Å². The maximum atomic E-state index is 5.59. The highest BCUT2D eigenvalue weighted by atomic mass is 16.5. The molecular formula is C14H13NO. The highest BCUT2D eigenvalue weighted by Gasteiger charge is 1.96. The van der Waals surface area contributed by atoms with Crippen molar-refractivity contribution < 1.29 is 4.74 Å². The molecule has 16 heavy (non-hydrogen) atoms. The average molecular weight is 211 g/mol. The summed E-state index contributed by atoms with van der Waals surface area (Å²) in [6, 6.07) is 9.86. The molecule has 0 spiro atoms. The third-order valence-electron chi connectivity index (χ3n) is 2.25. The second kappa shape index (κ2) is 5.18. The first-order chi connectivity index (χ1) is 7.90. The lowest BCUT2D eigenvalue weighted by Gasteiger charge is -2.04. The van der Waals surface area contributed by atoms with Crippen molar-refractivity contribution in [3.8, 4) is 17.6 Å². The van der Waals surface area contributed by atoms with Crippen molar-refractivity contribution in [3.63, 3.8) is 0 Å². The Morgan fingerprint density at radius 1 is 1.31 bits per heavy atom. The van der Waals surface area contributed by atoms with Crippen LogP contribution < -0.4 is 4.74 Å². The van der Waals surface area contributed by atoms with Crippen LogP contribution in [0.1, 0.15) is 13.3 Å². The van der Waals surface area contributed by atoms with Gasteiger partial charge in [-0.1, -0.05) is 6.07 Å². The van der Waals surface area contributed by atoms with Crippen LogP contribution in [0.2, 0.25) is 0 Å². The van der Waals surface area contributed by atoms with Gasteiger partial charge in [-0.25, -0.2) is 0 Å². The monoisotopic (exact) mass is 211 g/mol. The number of hydrogen-bond donors (Lipinski definition) is 0. The Balaban J connectivity index is 2.09. The lowest BCUT2D eigenvalue weighted by molar-refractivity contribution is 0.327. The van der Waals surface area contributed by atoms with Gasteiger partial charge in [-0.15, -0.1) is 11.8 Å². The number of rotatable bonds is 3. The standard InChI is InChI=1S/C14H13NO/c1-2-3-4-10-16-13-7-8-14-12(11-13)6-5-9-15-14/h5-9,11H,4,10H2,1H3. The third-order valence-corrected chi connectivity index (χ3v) is 2.25. The molecular weight excluding hydrogens is 198 g/mol. The van der Waals surface area contributed by atoms with Gasteiger partial charge in [0.1, 0.15) is 5.75 Å². The van der Waals surface area contributed by atoms with Gasteiger partial charge < -0.3 is 4.74 Å². The van der Waals surface area contributed by atoms with Crippen LogP contribution >= 0.6 is 0 Å². The number of aromatic nitrogens is 1. The molecule has 0 aliphatic carbocycles. The summed E-state index contributed by atoms with van der Waals surface area (Å²) in [5, 5.41) is 1.10. The van der Waals surface area contributed by atoms with Crippen molar-refractivity contribution in [2.24, 2.45) is 0 Å². The van der Waals surface area contributed by atoms with Gasteiger partial charge in [0.05, 0.1) is 12.1 Å². The maximum Gasteiger partial charge on any atom is 0.120 e. The summed E-state index contributed by atoms with van der Waals surface area (Å²) in [4.78, 5) is 4.25. The van der Waals surface area contributed by atoms with Gasteiger partial charge >= 0.3 is 0 Å². The van der Waals surface area contributed by atoms with Crippen molar-refractivity contribution in [3.05, 3.63) is 36.5 Å². The van der Waals surface area contributed by atoms with Gasteiger partial charge in [0.2, 0.25) is 0 Å². The van der Waals surface area contributed by atoms with Crippen molar-refractivity contribution >= 4 is 10.9 Å². The summed E-state index contributed by atoms with van der Waals surface area (Å²) >= 11 is 0. The molecule has 1 aromatic carbocycles. The van der Waals surface area contributed by atoms with Crippen LogP contribution in [-0.2, 0) is 0 Å². The van der Waals surface area contributed by atoms with E-state index < -0.39 is 0 Å². The maximum absolute atomic E-state index is 5.59. The number of pyridine rings is 1. The topological polar surface area (TPSA) is 22.1 Å². The molecule has 0 N–H and O–H groups in total. The van der Waals surface area contributed by atoms with Gasteiger partial charge in [0.15, 0.2) is 0 Å². The molecule has 0 atom stereocenters. The van der Waals surface area contributed by atoms with Gasteiger partial charge in [-0.3, -0.25) is 4.98 Å². The fourth-order valence-corrected chi connectivity index (χ4v) is 1.49. The highest BCUT2D eigenvalue weighted by Crippen LogP contribution is 2.18. The fraction of sp³-hybridized carbons (Fsp3) is 0.214. The fourth-order valence-electron chi connectivity index (χ4n) is 1.49. The summed E-state index contributed by atoms with van der Waals surface area (Å²) in [7, 11) is 0. The summed E-state index contributed by atoms with van der Waals surface area (Å²) in [5.74, 6) is 6.69. The average Bonchev–Trinajstić information content (AvgIpc) is 2.34. The van der Waals surface area contributed by atoms with Crippen LogP contribution in [0, 0.1) is 11.8 Å². The van der Waals surface area contributed by atoms with Crippen molar-refractivity contribution in [2.75, 3.05) is 6.61 Å². The third kappa shape index (κ3) is 2.52. The molecule has 2 aromatic rings. The number of benzene rings is 1. The first kappa shape index (κ1) is 10.5. The first-order valence-electron chi connectivity index (χ1n) is 5.27.